The maximum Gasteiger partial charge on any atom is 0.0598 e. The van der Waals surface area contributed by atoms with E-state index in [1.807, 2.05) is 0 Å². The van der Waals surface area contributed by atoms with Crippen molar-refractivity contribution in [3.8, 4) is 0 Å². The number of morpholine rings is 1. The van der Waals surface area contributed by atoms with Gasteiger partial charge in [-0.3, -0.25) is 4.90 Å². The van der Waals surface area contributed by atoms with Crippen LogP contribution in [-0.4, -0.2) is 50.0 Å². The topological polar surface area (TPSA) is 21.7 Å². The lowest BCUT2D eigenvalue weighted by atomic mass is 10.2. The summed E-state index contributed by atoms with van der Waals surface area (Å²) in [5.41, 5.74) is 0.00497. The van der Waals surface area contributed by atoms with Gasteiger partial charge in [-0.25, -0.2) is 0 Å². The van der Waals surface area contributed by atoms with E-state index in [4.69, 9.17) is 9.47 Å². The standard InChI is InChI=1S/C11H23NO2/c1-11(2,3)14-8-4-5-12-6-9-13-10-7-12/h4-10H2,1-3H3. The summed E-state index contributed by atoms with van der Waals surface area (Å²) in [6, 6.07) is 0. The molecule has 0 N–H and O–H groups in total. The van der Waals surface area contributed by atoms with Crippen LogP contribution in [0.5, 0.6) is 0 Å². The Bertz CT molecular complexity index is 148. The molecule has 3 nitrogen and oxygen atoms in total. The fourth-order valence-corrected chi connectivity index (χ4v) is 1.49. The second kappa shape index (κ2) is 5.69. The summed E-state index contributed by atoms with van der Waals surface area (Å²) in [5, 5.41) is 0. The van der Waals surface area contributed by atoms with Crippen molar-refractivity contribution < 1.29 is 9.47 Å². The second-order valence-corrected chi connectivity index (χ2v) is 4.77. The summed E-state index contributed by atoms with van der Waals surface area (Å²) >= 11 is 0. The molecule has 0 aromatic rings. The molecule has 84 valence electrons. The van der Waals surface area contributed by atoms with E-state index in [1.165, 1.54) is 0 Å². The Hall–Kier alpha value is -0.120. The molecule has 1 saturated heterocycles. The Morgan fingerprint density at radius 3 is 2.43 bits per heavy atom. The molecule has 1 aliphatic rings. The van der Waals surface area contributed by atoms with E-state index < -0.39 is 0 Å². The van der Waals surface area contributed by atoms with Crippen LogP contribution in [0.4, 0.5) is 0 Å². The molecule has 0 radical (unpaired) electrons. The van der Waals surface area contributed by atoms with E-state index >= 15 is 0 Å². The first-order valence-corrected chi connectivity index (χ1v) is 5.52. The van der Waals surface area contributed by atoms with E-state index in [0.29, 0.717) is 0 Å². The largest absolute Gasteiger partial charge is 0.379 e. The molecule has 0 amide bonds. The summed E-state index contributed by atoms with van der Waals surface area (Å²) in [5.74, 6) is 0. The van der Waals surface area contributed by atoms with Crippen molar-refractivity contribution in [1.29, 1.82) is 0 Å². The molecule has 0 bridgehead atoms. The summed E-state index contributed by atoms with van der Waals surface area (Å²) < 4.78 is 10.9. The maximum atomic E-state index is 5.66. The number of nitrogens with zero attached hydrogens (tertiary/aromatic N) is 1. The highest BCUT2D eigenvalue weighted by Crippen LogP contribution is 2.07. The van der Waals surface area contributed by atoms with Crippen molar-refractivity contribution in [3.63, 3.8) is 0 Å². The van der Waals surface area contributed by atoms with Gasteiger partial charge in [0.25, 0.3) is 0 Å². The van der Waals surface area contributed by atoms with Crippen LogP contribution in [0.2, 0.25) is 0 Å². The minimum atomic E-state index is 0.00497. The van der Waals surface area contributed by atoms with Crippen molar-refractivity contribution in [2.45, 2.75) is 32.8 Å². The van der Waals surface area contributed by atoms with Gasteiger partial charge in [-0.2, -0.15) is 0 Å². The quantitative estimate of drug-likeness (QED) is 0.644. The van der Waals surface area contributed by atoms with Gasteiger partial charge in [-0.15, -0.1) is 0 Å². The van der Waals surface area contributed by atoms with Gasteiger partial charge in [0.15, 0.2) is 0 Å². The van der Waals surface area contributed by atoms with Crippen LogP contribution in [-0.2, 0) is 9.47 Å². The van der Waals surface area contributed by atoms with Gasteiger partial charge in [-0.1, -0.05) is 0 Å². The molecule has 1 heterocycles. The molecule has 3 heteroatoms. The Morgan fingerprint density at radius 2 is 1.86 bits per heavy atom. The minimum Gasteiger partial charge on any atom is -0.379 e. The number of rotatable bonds is 4. The van der Waals surface area contributed by atoms with Crippen LogP contribution in [0.1, 0.15) is 27.2 Å². The van der Waals surface area contributed by atoms with Gasteiger partial charge in [0.2, 0.25) is 0 Å². The summed E-state index contributed by atoms with van der Waals surface area (Å²) in [4.78, 5) is 2.44. The number of hydrogen-bond acceptors (Lipinski definition) is 3. The molecule has 0 aliphatic carbocycles. The van der Waals surface area contributed by atoms with Gasteiger partial charge in [0.1, 0.15) is 0 Å². The van der Waals surface area contributed by atoms with E-state index in [0.717, 1.165) is 45.9 Å². The monoisotopic (exact) mass is 201 g/mol. The van der Waals surface area contributed by atoms with Crippen LogP contribution in [0, 0.1) is 0 Å². The fourth-order valence-electron chi connectivity index (χ4n) is 1.49. The first-order chi connectivity index (χ1) is 6.58. The molecule has 1 aliphatic heterocycles. The smallest absolute Gasteiger partial charge is 0.0598 e. The van der Waals surface area contributed by atoms with Gasteiger partial charge < -0.3 is 9.47 Å². The molecule has 0 atom stereocenters. The van der Waals surface area contributed by atoms with E-state index in [-0.39, 0.29) is 5.60 Å². The normalized spacial score (nSPS) is 19.9. The average Bonchev–Trinajstić information content (AvgIpc) is 2.13. The summed E-state index contributed by atoms with van der Waals surface area (Å²) in [6.45, 7) is 12.2. The van der Waals surface area contributed by atoms with Crippen molar-refractivity contribution in [2.24, 2.45) is 0 Å². The predicted molar refractivity (Wildman–Crippen MR) is 57.6 cm³/mol. The highest BCUT2D eigenvalue weighted by Gasteiger charge is 2.11. The van der Waals surface area contributed by atoms with Crippen molar-refractivity contribution >= 4 is 0 Å². The lowest BCUT2D eigenvalue weighted by molar-refractivity contribution is -0.0130. The molecule has 0 spiro atoms. The van der Waals surface area contributed by atoms with Crippen molar-refractivity contribution in [2.75, 3.05) is 39.5 Å². The molecular formula is C11H23NO2. The van der Waals surface area contributed by atoms with Crippen LogP contribution < -0.4 is 0 Å². The Balaban J connectivity index is 1.97. The molecule has 0 aromatic heterocycles. The lowest BCUT2D eigenvalue weighted by Gasteiger charge is -2.27. The first-order valence-electron chi connectivity index (χ1n) is 5.52. The predicted octanol–water partition coefficient (Wildman–Crippen LogP) is 1.52. The van der Waals surface area contributed by atoms with Crippen LogP contribution in [0.3, 0.4) is 0 Å². The van der Waals surface area contributed by atoms with Crippen LogP contribution >= 0.6 is 0 Å². The molecule has 0 unspecified atom stereocenters. The van der Waals surface area contributed by atoms with Gasteiger partial charge >= 0.3 is 0 Å². The summed E-state index contributed by atoms with van der Waals surface area (Å²) in [6.07, 6.45) is 1.12. The molecule has 1 rings (SSSR count). The van der Waals surface area contributed by atoms with Crippen LogP contribution in [0.15, 0.2) is 0 Å². The molecular weight excluding hydrogens is 178 g/mol. The summed E-state index contributed by atoms with van der Waals surface area (Å²) in [7, 11) is 0. The van der Waals surface area contributed by atoms with E-state index in [9.17, 15) is 0 Å². The van der Waals surface area contributed by atoms with Gasteiger partial charge in [-0.05, 0) is 27.2 Å². The van der Waals surface area contributed by atoms with Gasteiger partial charge in [0, 0.05) is 26.2 Å². The van der Waals surface area contributed by atoms with Crippen molar-refractivity contribution in [3.05, 3.63) is 0 Å². The molecule has 0 saturated carbocycles. The van der Waals surface area contributed by atoms with Crippen LogP contribution in [0.25, 0.3) is 0 Å². The molecule has 1 fully saturated rings. The molecule has 14 heavy (non-hydrogen) atoms. The second-order valence-electron chi connectivity index (χ2n) is 4.77. The lowest BCUT2D eigenvalue weighted by Crippen LogP contribution is -2.37. The average molecular weight is 201 g/mol. The third-order valence-electron chi connectivity index (χ3n) is 2.26. The fraction of sp³-hybridized carbons (Fsp3) is 1.00. The zero-order valence-electron chi connectivity index (χ0n) is 9.71. The first kappa shape index (κ1) is 12.0. The van der Waals surface area contributed by atoms with E-state index in [1.54, 1.807) is 0 Å². The molecule has 0 aromatic carbocycles. The Kier molecular flexibility index (Phi) is 4.85. The maximum absolute atomic E-state index is 5.66. The van der Waals surface area contributed by atoms with E-state index in [2.05, 4.69) is 25.7 Å². The highest BCUT2D eigenvalue weighted by molar-refractivity contribution is 4.63. The Labute approximate surface area is 87.4 Å². The van der Waals surface area contributed by atoms with Gasteiger partial charge in [0.05, 0.1) is 18.8 Å². The zero-order chi connectivity index (χ0) is 10.4. The number of hydrogen-bond donors (Lipinski definition) is 0. The zero-order valence-corrected chi connectivity index (χ0v) is 9.71. The minimum absolute atomic E-state index is 0.00497. The van der Waals surface area contributed by atoms with Crippen molar-refractivity contribution in [1.82, 2.24) is 4.90 Å². The third kappa shape index (κ3) is 5.58. The third-order valence-corrected chi connectivity index (χ3v) is 2.26. The Morgan fingerprint density at radius 1 is 1.21 bits per heavy atom. The SMILES string of the molecule is CC(C)(C)OCCCN1CCOCC1. The highest BCUT2D eigenvalue weighted by atomic mass is 16.5. The number of ether oxygens (including phenoxy) is 2.